The molecule has 0 fully saturated rings. The van der Waals surface area contributed by atoms with E-state index in [0.717, 1.165) is 23.4 Å². The molecular formula is C17H16ClN3O5. The van der Waals surface area contributed by atoms with Crippen molar-refractivity contribution < 1.29 is 19.6 Å². The molecule has 0 spiro atoms. The largest absolute Gasteiger partial charge is 0.502 e. The Morgan fingerprint density at radius 3 is 2.81 bits per heavy atom. The number of aryl methyl sites for hydroxylation is 2. The third-order valence-corrected chi connectivity index (χ3v) is 3.59. The summed E-state index contributed by atoms with van der Waals surface area (Å²) < 4.78 is 5.43. The van der Waals surface area contributed by atoms with E-state index in [1.807, 2.05) is 32.0 Å². The predicted octanol–water partition coefficient (Wildman–Crippen LogP) is 3.10. The van der Waals surface area contributed by atoms with Gasteiger partial charge < -0.3 is 9.84 Å². The first kappa shape index (κ1) is 19.2. The van der Waals surface area contributed by atoms with Crippen molar-refractivity contribution in [3.8, 4) is 11.5 Å². The monoisotopic (exact) mass is 377 g/mol. The molecular weight excluding hydrogens is 362 g/mol. The molecule has 0 aliphatic carbocycles. The highest BCUT2D eigenvalue weighted by molar-refractivity contribution is 6.31. The van der Waals surface area contributed by atoms with Crippen LogP contribution in [0.1, 0.15) is 16.7 Å². The van der Waals surface area contributed by atoms with Gasteiger partial charge in [-0.25, -0.2) is 5.43 Å². The van der Waals surface area contributed by atoms with Gasteiger partial charge in [0.2, 0.25) is 5.75 Å². The first-order valence-corrected chi connectivity index (χ1v) is 7.84. The number of nitro groups is 1. The highest BCUT2D eigenvalue weighted by Gasteiger charge is 2.17. The average Bonchev–Trinajstić information content (AvgIpc) is 2.58. The highest BCUT2D eigenvalue weighted by atomic mass is 35.5. The maximum absolute atomic E-state index is 11.8. The average molecular weight is 378 g/mol. The van der Waals surface area contributed by atoms with Gasteiger partial charge in [-0.2, -0.15) is 5.10 Å². The number of hydrogen-bond acceptors (Lipinski definition) is 6. The number of halogens is 1. The van der Waals surface area contributed by atoms with Crippen molar-refractivity contribution in [3.05, 3.63) is 62.2 Å². The standard InChI is InChI=1S/C17H16ClN3O5/c1-10-3-4-11(2)15(5-10)26-9-16(22)20-19-8-12-6-13(18)7-14(17(12)23)21(24)25/h3-8,23H,9H2,1-2H3,(H,20,22)/b19-8-. The highest BCUT2D eigenvalue weighted by Crippen LogP contribution is 2.32. The van der Waals surface area contributed by atoms with E-state index in [0.29, 0.717) is 5.75 Å². The van der Waals surface area contributed by atoms with Crippen LogP contribution in [0.2, 0.25) is 5.02 Å². The number of benzene rings is 2. The summed E-state index contributed by atoms with van der Waals surface area (Å²) in [5.74, 6) is -0.533. The summed E-state index contributed by atoms with van der Waals surface area (Å²) in [6, 6.07) is 7.94. The summed E-state index contributed by atoms with van der Waals surface area (Å²) in [7, 11) is 0. The number of carbonyl (C=O) groups excluding carboxylic acids is 1. The lowest BCUT2D eigenvalue weighted by Gasteiger charge is -2.08. The van der Waals surface area contributed by atoms with Crippen molar-refractivity contribution >= 4 is 29.4 Å². The summed E-state index contributed by atoms with van der Waals surface area (Å²) in [6.45, 7) is 3.51. The van der Waals surface area contributed by atoms with Gasteiger partial charge in [-0.1, -0.05) is 23.7 Å². The molecule has 2 rings (SSSR count). The maximum atomic E-state index is 11.8. The van der Waals surface area contributed by atoms with Gasteiger partial charge in [0.25, 0.3) is 5.91 Å². The molecule has 2 aromatic carbocycles. The molecule has 1 amide bonds. The van der Waals surface area contributed by atoms with Gasteiger partial charge in [0.1, 0.15) is 5.75 Å². The fourth-order valence-electron chi connectivity index (χ4n) is 2.06. The fraction of sp³-hybridized carbons (Fsp3) is 0.176. The molecule has 2 aromatic rings. The smallest absolute Gasteiger partial charge is 0.312 e. The Morgan fingerprint density at radius 1 is 1.38 bits per heavy atom. The molecule has 0 atom stereocenters. The van der Waals surface area contributed by atoms with E-state index in [1.54, 1.807) is 0 Å². The fourth-order valence-corrected chi connectivity index (χ4v) is 2.28. The second-order valence-electron chi connectivity index (χ2n) is 5.47. The number of aromatic hydroxyl groups is 1. The maximum Gasteiger partial charge on any atom is 0.312 e. The molecule has 0 saturated carbocycles. The number of hydrogen-bond donors (Lipinski definition) is 2. The molecule has 26 heavy (non-hydrogen) atoms. The SMILES string of the molecule is Cc1ccc(C)c(OCC(=O)N/N=C\c2cc(Cl)cc([N+](=O)[O-])c2O)c1. The molecule has 0 aliphatic rings. The Balaban J connectivity index is 1.99. The van der Waals surface area contributed by atoms with Gasteiger partial charge in [-0.15, -0.1) is 0 Å². The van der Waals surface area contributed by atoms with Crippen LogP contribution in [0.15, 0.2) is 35.4 Å². The van der Waals surface area contributed by atoms with Crippen LogP contribution < -0.4 is 10.2 Å². The zero-order valence-corrected chi connectivity index (χ0v) is 14.8. The second-order valence-corrected chi connectivity index (χ2v) is 5.91. The molecule has 9 heteroatoms. The molecule has 0 radical (unpaired) electrons. The number of phenols is 1. The van der Waals surface area contributed by atoms with Crippen LogP contribution in [0.3, 0.4) is 0 Å². The van der Waals surface area contributed by atoms with Crippen molar-refractivity contribution in [1.29, 1.82) is 0 Å². The van der Waals surface area contributed by atoms with Crippen molar-refractivity contribution in [1.82, 2.24) is 5.43 Å². The van der Waals surface area contributed by atoms with E-state index in [4.69, 9.17) is 16.3 Å². The normalized spacial score (nSPS) is 10.7. The Kier molecular flexibility index (Phi) is 6.13. The Hall–Kier alpha value is -3.13. The number of amides is 1. The van der Waals surface area contributed by atoms with E-state index in [9.17, 15) is 20.0 Å². The minimum absolute atomic E-state index is 0.0000491. The number of phenolic OH excluding ortho intramolecular Hbond substituents is 1. The third kappa shape index (κ3) is 4.93. The zero-order valence-electron chi connectivity index (χ0n) is 14.0. The Bertz CT molecular complexity index is 883. The molecule has 0 bridgehead atoms. The second kappa shape index (κ2) is 8.30. The Morgan fingerprint density at radius 2 is 2.12 bits per heavy atom. The third-order valence-electron chi connectivity index (χ3n) is 3.38. The molecule has 0 unspecified atom stereocenters. The van der Waals surface area contributed by atoms with Crippen LogP contribution in [0, 0.1) is 24.0 Å². The van der Waals surface area contributed by atoms with Crippen LogP contribution in [0.25, 0.3) is 0 Å². The van der Waals surface area contributed by atoms with E-state index < -0.39 is 22.3 Å². The van der Waals surface area contributed by atoms with E-state index in [2.05, 4.69) is 10.5 Å². The minimum atomic E-state index is -0.769. The zero-order chi connectivity index (χ0) is 19.3. The van der Waals surface area contributed by atoms with Crippen molar-refractivity contribution in [2.45, 2.75) is 13.8 Å². The molecule has 136 valence electrons. The first-order valence-electron chi connectivity index (χ1n) is 7.47. The molecule has 0 aliphatic heterocycles. The summed E-state index contributed by atoms with van der Waals surface area (Å²) in [6.07, 6.45) is 1.06. The van der Waals surface area contributed by atoms with Gasteiger partial charge >= 0.3 is 5.69 Å². The van der Waals surface area contributed by atoms with Crippen molar-refractivity contribution in [2.75, 3.05) is 6.61 Å². The van der Waals surface area contributed by atoms with Crippen molar-refractivity contribution in [2.24, 2.45) is 5.10 Å². The quantitative estimate of drug-likeness (QED) is 0.456. The number of hydrazone groups is 1. The summed E-state index contributed by atoms with van der Waals surface area (Å²) >= 11 is 5.77. The summed E-state index contributed by atoms with van der Waals surface area (Å²) in [5.41, 5.74) is 3.55. The van der Waals surface area contributed by atoms with Gasteiger partial charge in [0, 0.05) is 16.7 Å². The van der Waals surface area contributed by atoms with Crippen LogP contribution in [0.5, 0.6) is 11.5 Å². The first-order chi connectivity index (χ1) is 12.3. The number of nitro benzene ring substituents is 1. The molecule has 0 saturated heterocycles. The lowest BCUT2D eigenvalue weighted by Crippen LogP contribution is -2.24. The number of rotatable bonds is 6. The molecule has 0 aromatic heterocycles. The molecule has 2 N–H and O–H groups in total. The predicted molar refractivity (Wildman–Crippen MR) is 96.9 cm³/mol. The van der Waals surface area contributed by atoms with E-state index in [1.165, 1.54) is 6.07 Å². The van der Waals surface area contributed by atoms with E-state index >= 15 is 0 Å². The topological polar surface area (TPSA) is 114 Å². The van der Waals surface area contributed by atoms with Crippen LogP contribution >= 0.6 is 11.6 Å². The number of ether oxygens (including phenoxy) is 1. The molecule has 8 nitrogen and oxygen atoms in total. The number of nitrogens with zero attached hydrogens (tertiary/aromatic N) is 2. The number of nitrogens with one attached hydrogen (secondary N) is 1. The van der Waals surface area contributed by atoms with Crippen molar-refractivity contribution in [3.63, 3.8) is 0 Å². The minimum Gasteiger partial charge on any atom is -0.502 e. The van der Waals surface area contributed by atoms with Gasteiger partial charge in [0.05, 0.1) is 11.1 Å². The van der Waals surface area contributed by atoms with E-state index in [-0.39, 0.29) is 17.2 Å². The van der Waals surface area contributed by atoms with Crippen LogP contribution in [0.4, 0.5) is 5.69 Å². The summed E-state index contributed by atoms with van der Waals surface area (Å²) in [4.78, 5) is 21.9. The van der Waals surface area contributed by atoms with Gasteiger partial charge in [-0.3, -0.25) is 14.9 Å². The number of carbonyl (C=O) groups is 1. The lowest BCUT2D eigenvalue weighted by atomic mass is 10.1. The van der Waals surface area contributed by atoms with Crippen LogP contribution in [-0.2, 0) is 4.79 Å². The molecule has 0 heterocycles. The van der Waals surface area contributed by atoms with Gasteiger partial charge in [-0.05, 0) is 37.1 Å². The van der Waals surface area contributed by atoms with Crippen LogP contribution in [-0.4, -0.2) is 28.8 Å². The lowest BCUT2D eigenvalue weighted by molar-refractivity contribution is -0.385. The summed E-state index contributed by atoms with van der Waals surface area (Å²) in [5, 5.41) is 24.4. The van der Waals surface area contributed by atoms with Gasteiger partial charge in [0.15, 0.2) is 6.61 Å². The Labute approximate surface area is 154 Å².